The molecular formula is C13H20N2O2. The summed E-state index contributed by atoms with van der Waals surface area (Å²) >= 11 is 0. The average Bonchev–Trinajstić information content (AvgIpc) is 2.99. The lowest BCUT2D eigenvalue weighted by molar-refractivity contribution is -0.126. The Balaban J connectivity index is 1.92. The molecule has 0 spiro atoms. The molecule has 3 atom stereocenters. The molecule has 1 heterocycles. The molecule has 0 aromatic carbocycles. The third-order valence-corrected chi connectivity index (χ3v) is 3.63. The second-order valence-corrected chi connectivity index (χ2v) is 4.78. The maximum absolute atomic E-state index is 12.1. The highest BCUT2D eigenvalue weighted by Gasteiger charge is 2.32. The van der Waals surface area contributed by atoms with Gasteiger partial charge in [-0.05, 0) is 44.4 Å². The standard InChI is InChI=1S/C13H20N2O2/c1-9(12-6-3-7-17-12)15-13(16)11-5-2-4-10(11)8-14/h3,6-7,9-11H,2,4-5,8,14H2,1H3,(H,15,16)/t9-,10?,11?/m1/s1. The predicted octanol–water partition coefficient (Wildman–Crippen LogP) is 1.83. The highest BCUT2D eigenvalue weighted by atomic mass is 16.3. The molecule has 1 saturated carbocycles. The maximum atomic E-state index is 12.1. The van der Waals surface area contributed by atoms with Crippen molar-refractivity contribution in [3.8, 4) is 0 Å². The second-order valence-electron chi connectivity index (χ2n) is 4.78. The fraction of sp³-hybridized carbons (Fsp3) is 0.615. The molecule has 17 heavy (non-hydrogen) atoms. The van der Waals surface area contributed by atoms with Crippen LogP contribution in [-0.4, -0.2) is 12.5 Å². The quantitative estimate of drug-likeness (QED) is 0.838. The van der Waals surface area contributed by atoms with Crippen molar-refractivity contribution in [2.24, 2.45) is 17.6 Å². The van der Waals surface area contributed by atoms with Crippen LogP contribution in [0.5, 0.6) is 0 Å². The highest BCUT2D eigenvalue weighted by molar-refractivity contribution is 5.79. The fourth-order valence-corrected chi connectivity index (χ4v) is 2.59. The number of nitrogens with two attached hydrogens (primary N) is 1. The first-order valence-corrected chi connectivity index (χ1v) is 6.26. The van der Waals surface area contributed by atoms with Crippen LogP contribution in [0.2, 0.25) is 0 Å². The van der Waals surface area contributed by atoms with Crippen LogP contribution in [0.25, 0.3) is 0 Å². The smallest absolute Gasteiger partial charge is 0.224 e. The zero-order chi connectivity index (χ0) is 12.3. The Morgan fingerprint density at radius 3 is 3.12 bits per heavy atom. The van der Waals surface area contributed by atoms with Gasteiger partial charge >= 0.3 is 0 Å². The van der Waals surface area contributed by atoms with Crippen LogP contribution < -0.4 is 11.1 Å². The van der Waals surface area contributed by atoms with Crippen molar-refractivity contribution in [3.63, 3.8) is 0 Å². The van der Waals surface area contributed by atoms with Gasteiger partial charge in [-0.25, -0.2) is 0 Å². The molecule has 1 aromatic rings. The maximum Gasteiger partial charge on any atom is 0.224 e. The predicted molar refractivity (Wildman–Crippen MR) is 65.2 cm³/mol. The second kappa shape index (κ2) is 5.36. The molecule has 1 fully saturated rings. The summed E-state index contributed by atoms with van der Waals surface area (Å²) in [6.07, 6.45) is 4.76. The van der Waals surface area contributed by atoms with Gasteiger partial charge in [0, 0.05) is 5.92 Å². The van der Waals surface area contributed by atoms with Crippen molar-refractivity contribution in [3.05, 3.63) is 24.2 Å². The van der Waals surface area contributed by atoms with Gasteiger partial charge in [-0.15, -0.1) is 0 Å². The van der Waals surface area contributed by atoms with Crippen molar-refractivity contribution in [2.45, 2.75) is 32.2 Å². The number of rotatable bonds is 4. The van der Waals surface area contributed by atoms with E-state index < -0.39 is 0 Å². The zero-order valence-electron chi connectivity index (χ0n) is 10.2. The lowest BCUT2D eigenvalue weighted by Gasteiger charge is -2.19. The Kier molecular flexibility index (Phi) is 3.84. The summed E-state index contributed by atoms with van der Waals surface area (Å²) in [6, 6.07) is 3.63. The fourth-order valence-electron chi connectivity index (χ4n) is 2.59. The topological polar surface area (TPSA) is 68.3 Å². The van der Waals surface area contributed by atoms with E-state index in [1.165, 1.54) is 0 Å². The summed E-state index contributed by atoms with van der Waals surface area (Å²) in [7, 11) is 0. The van der Waals surface area contributed by atoms with Gasteiger partial charge in [0.2, 0.25) is 5.91 Å². The third-order valence-electron chi connectivity index (χ3n) is 3.63. The molecule has 0 saturated heterocycles. The minimum atomic E-state index is -0.0727. The van der Waals surface area contributed by atoms with E-state index in [9.17, 15) is 4.79 Å². The van der Waals surface area contributed by atoms with E-state index in [-0.39, 0.29) is 17.9 Å². The molecule has 3 N–H and O–H groups in total. The molecule has 1 aliphatic rings. The van der Waals surface area contributed by atoms with Crippen LogP contribution in [0.1, 0.15) is 38.0 Å². The number of carbonyl (C=O) groups excluding carboxylic acids is 1. The van der Waals surface area contributed by atoms with Crippen molar-refractivity contribution in [1.29, 1.82) is 0 Å². The van der Waals surface area contributed by atoms with Gasteiger partial charge in [-0.1, -0.05) is 6.42 Å². The van der Waals surface area contributed by atoms with E-state index in [1.54, 1.807) is 6.26 Å². The van der Waals surface area contributed by atoms with Gasteiger partial charge in [-0.2, -0.15) is 0 Å². The summed E-state index contributed by atoms with van der Waals surface area (Å²) < 4.78 is 5.27. The molecule has 1 aliphatic carbocycles. The summed E-state index contributed by atoms with van der Waals surface area (Å²) in [6.45, 7) is 2.54. The SMILES string of the molecule is C[C@@H](NC(=O)C1CCCC1CN)c1ccco1. The molecule has 1 amide bonds. The Morgan fingerprint density at radius 1 is 1.65 bits per heavy atom. The Hall–Kier alpha value is -1.29. The van der Waals surface area contributed by atoms with Crippen LogP contribution >= 0.6 is 0 Å². The van der Waals surface area contributed by atoms with E-state index in [1.807, 2.05) is 19.1 Å². The van der Waals surface area contributed by atoms with Gasteiger partial charge < -0.3 is 15.5 Å². The molecule has 2 rings (SSSR count). The Bertz CT molecular complexity index is 362. The van der Waals surface area contributed by atoms with E-state index in [4.69, 9.17) is 10.2 Å². The minimum absolute atomic E-state index is 0.0727. The van der Waals surface area contributed by atoms with Crippen LogP contribution in [0, 0.1) is 11.8 Å². The average molecular weight is 236 g/mol. The first-order chi connectivity index (χ1) is 8.22. The highest BCUT2D eigenvalue weighted by Crippen LogP contribution is 2.31. The van der Waals surface area contributed by atoms with E-state index in [2.05, 4.69) is 5.32 Å². The number of furan rings is 1. The van der Waals surface area contributed by atoms with Crippen molar-refractivity contribution in [2.75, 3.05) is 6.54 Å². The number of nitrogens with one attached hydrogen (secondary N) is 1. The van der Waals surface area contributed by atoms with Crippen molar-refractivity contribution in [1.82, 2.24) is 5.32 Å². The molecule has 0 aliphatic heterocycles. The molecule has 4 heteroatoms. The molecule has 2 unspecified atom stereocenters. The minimum Gasteiger partial charge on any atom is -0.467 e. The molecule has 94 valence electrons. The number of carbonyl (C=O) groups is 1. The van der Waals surface area contributed by atoms with E-state index in [0.29, 0.717) is 12.5 Å². The Labute approximate surface area is 102 Å². The van der Waals surface area contributed by atoms with Crippen LogP contribution in [0.3, 0.4) is 0 Å². The van der Waals surface area contributed by atoms with Crippen molar-refractivity contribution < 1.29 is 9.21 Å². The van der Waals surface area contributed by atoms with Gasteiger partial charge in [0.15, 0.2) is 0 Å². The van der Waals surface area contributed by atoms with Gasteiger partial charge in [0.05, 0.1) is 12.3 Å². The molecule has 1 aromatic heterocycles. The van der Waals surface area contributed by atoms with Gasteiger partial charge in [0.1, 0.15) is 5.76 Å². The first kappa shape index (κ1) is 12.2. The lowest BCUT2D eigenvalue weighted by Crippen LogP contribution is -2.36. The molecule has 0 radical (unpaired) electrons. The molecular weight excluding hydrogens is 216 g/mol. The molecule has 4 nitrogen and oxygen atoms in total. The lowest BCUT2D eigenvalue weighted by atomic mass is 9.95. The Morgan fingerprint density at radius 2 is 2.47 bits per heavy atom. The van der Waals surface area contributed by atoms with Crippen LogP contribution in [0.15, 0.2) is 22.8 Å². The summed E-state index contributed by atoms with van der Waals surface area (Å²) in [5.74, 6) is 1.33. The number of hydrogen-bond acceptors (Lipinski definition) is 3. The van der Waals surface area contributed by atoms with Gasteiger partial charge in [-0.3, -0.25) is 4.79 Å². The number of hydrogen-bond donors (Lipinski definition) is 2. The van der Waals surface area contributed by atoms with Gasteiger partial charge in [0.25, 0.3) is 0 Å². The van der Waals surface area contributed by atoms with E-state index >= 15 is 0 Å². The summed E-state index contributed by atoms with van der Waals surface area (Å²) in [5.41, 5.74) is 5.69. The molecule has 0 bridgehead atoms. The first-order valence-electron chi connectivity index (χ1n) is 6.26. The zero-order valence-corrected chi connectivity index (χ0v) is 10.2. The normalized spacial score (nSPS) is 25.8. The van der Waals surface area contributed by atoms with E-state index in [0.717, 1.165) is 25.0 Å². The third kappa shape index (κ3) is 2.69. The largest absolute Gasteiger partial charge is 0.467 e. The summed E-state index contributed by atoms with van der Waals surface area (Å²) in [5, 5.41) is 3.00. The monoisotopic (exact) mass is 236 g/mol. The number of amides is 1. The van der Waals surface area contributed by atoms with Crippen LogP contribution in [0.4, 0.5) is 0 Å². The van der Waals surface area contributed by atoms with Crippen LogP contribution in [-0.2, 0) is 4.79 Å². The summed E-state index contributed by atoms with van der Waals surface area (Å²) in [4.78, 5) is 12.1. The van der Waals surface area contributed by atoms with Crippen molar-refractivity contribution >= 4 is 5.91 Å².